The molecule has 0 fully saturated rings. The number of anilines is 1. The van der Waals surface area contributed by atoms with Crippen molar-refractivity contribution in [2.75, 3.05) is 26.1 Å². The molecule has 0 bridgehead atoms. The molecule has 1 N–H and O–H groups in total. The summed E-state index contributed by atoms with van der Waals surface area (Å²) in [6.07, 6.45) is -4.74. The van der Waals surface area contributed by atoms with Crippen molar-refractivity contribution in [3.05, 3.63) is 62.2 Å². The first-order valence-corrected chi connectivity index (χ1v) is 9.65. The highest BCUT2D eigenvalue weighted by atomic mass is 31.1. The fourth-order valence-electron chi connectivity index (χ4n) is 2.19. The Hall–Kier alpha value is -3.35. The van der Waals surface area contributed by atoms with Crippen molar-refractivity contribution in [2.45, 2.75) is 13.1 Å². The third-order valence-electron chi connectivity index (χ3n) is 3.54. The molecule has 0 unspecified atom stereocenters. The van der Waals surface area contributed by atoms with E-state index in [0.717, 1.165) is 12.1 Å². The molecular formula is C17H18F3N3O8P+. The van der Waals surface area contributed by atoms with E-state index in [1.807, 2.05) is 0 Å². The average Bonchev–Trinajstić information content (AvgIpc) is 2.73. The van der Waals surface area contributed by atoms with Gasteiger partial charge in [-0.25, -0.2) is 0 Å². The number of nitro benzene ring substituents is 2. The van der Waals surface area contributed by atoms with Gasteiger partial charge >= 0.3 is 20.1 Å². The van der Waals surface area contributed by atoms with Gasteiger partial charge in [-0.15, -0.1) is 9.05 Å². The van der Waals surface area contributed by atoms with Crippen molar-refractivity contribution in [1.29, 1.82) is 0 Å². The molecule has 0 spiro atoms. The van der Waals surface area contributed by atoms with E-state index in [1.165, 1.54) is 26.4 Å². The standard InChI is InChI=1S/C15H12F3N3O5.C2H6O3P/c1-2-19-11-8-10(4-5-12(11)20(22)23)26-14-6-3-9(15(16,17)18)7-13(14)21(24)25;1-4-6(3)5-2/h3-8,19H,2H2,1H3;1-2H3/q;+1. The number of hydrogen-bond acceptors (Lipinski definition) is 9. The van der Waals surface area contributed by atoms with E-state index >= 15 is 0 Å². The maximum absolute atomic E-state index is 12.7. The number of benzene rings is 2. The summed E-state index contributed by atoms with van der Waals surface area (Å²) in [4.78, 5) is 20.4. The SMILES string of the molecule is CCNc1cc(Oc2ccc(C(F)(F)F)cc2[N+](=O)[O-])ccc1[N+](=O)[O-].CO[P+](=O)OC. The molecule has 0 amide bonds. The maximum atomic E-state index is 12.7. The van der Waals surface area contributed by atoms with Gasteiger partial charge in [0.2, 0.25) is 5.75 Å². The summed E-state index contributed by atoms with van der Waals surface area (Å²) in [5, 5.41) is 24.8. The minimum absolute atomic E-state index is 0.00518. The molecule has 0 atom stereocenters. The van der Waals surface area contributed by atoms with Crippen molar-refractivity contribution >= 4 is 25.3 Å². The van der Waals surface area contributed by atoms with Gasteiger partial charge in [-0.3, -0.25) is 20.2 Å². The van der Waals surface area contributed by atoms with Crippen molar-refractivity contribution in [3.63, 3.8) is 0 Å². The Kier molecular flexibility index (Phi) is 9.91. The van der Waals surface area contributed by atoms with E-state index in [9.17, 15) is 38.0 Å². The number of nitrogens with zero attached hydrogens (tertiary/aromatic N) is 2. The lowest BCUT2D eigenvalue weighted by Gasteiger charge is -2.11. The Morgan fingerprint density at radius 3 is 2.03 bits per heavy atom. The molecule has 0 aliphatic rings. The summed E-state index contributed by atoms with van der Waals surface area (Å²) in [5.41, 5.74) is -2.18. The number of halogens is 3. The second kappa shape index (κ2) is 11.9. The maximum Gasteiger partial charge on any atom is 0.696 e. The van der Waals surface area contributed by atoms with Gasteiger partial charge < -0.3 is 10.1 Å². The molecule has 0 aromatic heterocycles. The lowest BCUT2D eigenvalue weighted by Crippen LogP contribution is -2.06. The molecule has 2 aromatic rings. The van der Waals surface area contributed by atoms with Crippen LogP contribution in [0.4, 0.5) is 30.2 Å². The van der Waals surface area contributed by atoms with E-state index in [-0.39, 0.29) is 17.1 Å². The molecule has 0 saturated heterocycles. The van der Waals surface area contributed by atoms with Crippen LogP contribution in [-0.2, 0) is 19.8 Å². The Labute approximate surface area is 180 Å². The number of rotatable bonds is 8. The van der Waals surface area contributed by atoms with Crippen LogP contribution in [0.5, 0.6) is 11.5 Å². The van der Waals surface area contributed by atoms with Crippen LogP contribution in [0.2, 0.25) is 0 Å². The van der Waals surface area contributed by atoms with Crippen LogP contribution >= 0.6 is 8.25 Å². The van der Waals surface area contributed by atoms with Gasteiger partial charge in [0.1, 0.15) is 11.4 Å². The highest BCUT2D eigenvalue weighted by Gasteiger charge is 2.33. The van der Waals surface area contributed by atoms with Gasteiger partial charge in [-0.2, -0.15) is 13.2 Å². The highest BCUT2D eigenvalue weighted by Crippen LogP contribution is 2.39. The van der Waals surface area contributed by atoms with E-state index < -0.39 is 41.3 Å². The average molecular weight is 480 g/mol. The molecule has 32 heavy (non-hydrogen) atoms. The van der Waals surface area contributed by atoms with Crippen molar-refractivity contribution in [3.8, 4) is 11.5 Å². The second-order valence-electron chi connectivity index (χ2n) is 5.59. The first-order valence-electron chi connectivity index (χ1n) is 8.55. The summed E-state index contributed by atoms with van der Waals surface area (Å²) in [7, 11) is 0.817. The molecule has 2 rings (SSSR count). The van der Waals surface area contributed by atoms with Gasteiger partial charge in [0, 0.05) is 29.3 Å². The molecule has 0 aliphatic heterocycles. The zero-order valence-corrected chi connectivity index (χ0v) is 17.8. The van der Waals surface area contributed by atoms with Crippen molar-refractivity contribution in [2.24, 2.45) is 0 Å². The summed E-state index contributed by atoms with van der Waals surface area (Å²) < 4.78 is 61.7. The highest BCUT2D eigenvalue weighted by molar-refractivity contribution is 7.33. The van der Waals surface area contributed by atoms with Gasteiger partial charge in [-0.1, -0.05) is 0 Å². The van der Waals surface area contributed by atoms with Crippen LogP contribution in [0.1, 0.15) is 12.5 Å². The molecular weight excluding hydrogens is 462 g/mol. The Bertz CT molecular complexity index is 982. The van der Waals surface area contributed by atoms with Crippen LogP contribution in [0, 0.1) is 20.2 Å². The molecule has 174 valence electrons. The second-order valence-corrected chi connectivity index (χ2v) is 6.77. The lowest BCUT2D eigenvalue weighted by atomic mass is 10.2. The summed E-state index contributed by atoms with van der Waals surface area (Å²) in [5.74, 6) is -0.422. The van der Waals surface area contributed by atoms with Crippen LogP contribution in [0.3, 0.4) is 0 Å². The Morgan fingerprint density at radius 1 is 1.00 bits per heavy atom. The third kappa shape index (κ3) is 7.72. The summed E-state index contributed by atoms with van der Waals surface area (Å²) in [6, 6.07) is 5.41. The largest absolute Gasteiger partial charge is 0.696 e. The third-order valence-corrected chi connectivity index (χ3v) is 4.14. The monoisotopic (exact) mass is 480 g/mol. The fourth-order valence-corrected chi connectivity index (χ4v) is 2.34. The predicted octanol–water partition coefficient (Wildman–Crippen LogP) is 5.68. The summed E-state index contributed by atoms with van der Waals surface area (Å²) in [6.45, 7) is 2.07. The minimum Gasteiger partial charge on any atom is -0.450 e. The van der Waals surface area contributed by atoms with Crippen LogP contribution in [0.15, 0.2) is 36.4 Å². The number of nitrogens with one attached hydrogen (secondary N) is 1. The molecule has 0 radical (unpaired) electrons. The van der Waals surface area contributed by atoms with Crippen LogP contribution in [-0.4, -0.2) is 30.6 Å². The minimum atomic E-state index is -4.74. The predicted molar refractivity (Wildman–Crippen MR) is 107 cm³/mol. The number of ether oxygens (including phenoxy) is 1. The molecule has 2 aromatic carbocycles. The smallest absolute Gasteiger partial charge is 0.450 e. The topological polar surface area (TPSA) is 143 Å². The molecule has 0 heterocycles. The molecule has 15 heteroatoms. The summed E-state index contributed by atoms with van der Waals surface area (Å²) >= 11 is 0. The quantitative estimate of drug-likeness (QED) is 0.287. The Morgan fingerprint density at radius 2 is 1.59 bits per heavy atom. The zero-order valence-electron chi connectivity index (χ0n) is 16.9. The van der Waals surface area contributed by atoms with Gasteiger partial charge in [0.25, 0.3) is 5.69 Å². The van der Waals surface area contributed by atoms with Gasteiger partial charge in [-0.05, 0) is 25.1 Å². The first-order chi connectivity index (χ1) is 14.9. The van der Waals surface area contributed by atoms with Crippen LogP contribution < -0.4 is 10.1 Å². The van der Waals surface area contributed by atoms with Crippen LogP contribution in [0.25, 0.3) is 0 Å². The molecule has 11 nitrogen and oxygen atoms in total. The normalized spacial score (nSPS) is 10.6. The van der Waals surface area contributed by atoms with E-state index in [4.69, 9.17) is 4.74 Å². The molecule has 0 aliphatic carbocycles. The van der Waals surface area contributed by atoms with Gasteiger partial charge in [0.05, 0.1) is 29.6 Å². The van der Waals surface area contributed by atoms with Gasteiger partial charge in [0.15, 0.2) is 0 Å². The van der Waals surface area contributed by atoms with E-state index in [0.29, 0.717) is 18.7 Å². The lowest BCUT2D eigenvalue weighted by molar-refractivity contribution is -0.385. The van der Waals surface area contributed by atoms with E-state index in [2.05, 4.69) is 14.4 Å². The number of nitro groups is 2. The number of alkyl halides is 3. The fraction of sp³-hybridized carbons (Fsp3) is 0.294. The molecule has 0 saturated carbocycles. The van der Waals surface area contributed by atoms with Crippen molar-refractivity contribution < 1.29 is 41.4 Å². The first kappa shape index (κ1) is 26.7. The number of hydrogen-bond donors (Lipinski definition) is 1. The van der Waals surface area contributed by atoms with Crippen molar-refractivity contribution in [1.82, 2.24) is 0 Å². The van der Waals surface area contributed by atoms with E-state index in [1.54, 1.807) is 6.92 Å². The zero-order chi connectivity index (χ0) is 24.5. The Balaban J connectivity index is 0.000000751.